The highest BCUT2D eigenvalue weighted by molar-refractivity contribution is 5.97. The average molecular weight is 264 g/mol. The first-order chi connectivity index (χ1) is 9.22. The number of amides is 1. The molecule has 0 spiro atoms. The first-order valence-electron chi connectivity index (χ1n) is 6.64. The molecule has 0 saturated carbocycles. The summed E-state index contributed by atoms with van der Waals surface area (Å²) in [5.74, 6) is 0.973. The lowest BCUT2D eigenvalue weighted by Crippen LogP contribution is -2.37. The van der Waals surface area contributed by atoms with Gasteiger partial charge in [0.2, 0.25) is 0 Å². The van der Waals surface area contributed by atoms with Gasteiger partial charge in [0.05, 0.1) is 5.56 Å². The van der Waals surface area contributed by atoms with Gasteiger partial charge in [0.15, 0.2) is 11.5 Å². The van der Waals surface area contributed by atoms with Crippen molar-refractivity contribution in [1.82, 2.24) is 5.32 Å². The van der Waals surface area contributed by atoms with Crippen molar-refractivity contribution >= 4 is 5.91 Å². The van der Waals surface area contributed by atoms with Gasteiger partial charge in [-0.05, 0) is 18.6 Å². The molecule has 1 unspecified atom stereocenters. The summed E-state index contributed by atoms with van der Waals surface area (Å²) in [7, 11) is 0. The Bertz CT molecular complexity index is 448. The summed E-state index contributed by atoms with van der Waals surface area (Å²) in [5.41, 5.74) is 6.38. The number of nitrogens with two attached hydrogens (primary N) is 1. The summed E-state index contributed by atoms with van der Waals surface area (Å²) in [4.78, 5) is 12.1. The van der Waals surface area contributed by atoms with E-state index in [-0.39, 0.29) is 11.9 Å². The first kappa shape index (κ1) is 13.7. The van der Waals surface area contributed by atoms with Gasteiger partial charge in [-0.15, -0.1) is 0 Å². The average Bonchev–Trinajstić information content (AvgIpc) is 2.44. The van der Waals surface area contributed by atoms with Gasteiger partial charge in [-0.3, -0.25) is 4.79 Å². The predicted molar refractivity (Wildman–Crippen MR) is 72.6 cm³/mol. The van der Waals surface area contributed by atoms with Crippen LogP contribution in [0.15, 0.2) is 18.2 Å². The Hall–Kier alpha value is -1.75. The molecule has 1 aliphatic rings. The molecule has 1 aromatic rings. The molecule has 19 heavy (non-hydrogen) atoms. The van der Waals surface area contributed by atoms with Crippen LogP contribution >= 0.6 is 0 Å². The fourth-order valence-corrected chi connectivity index (χ4v) is 2.04. The zero-order valence-electron chi connectivity index (χ0n) is 11.1. The van der Waals surface area contributed by atoms with Crippen LogP contribution in [-0.2, 0) is 0 Å². The third kappa shape index (κ3) is 3.38. The molecule has 1 aromatic carbocycles. The first-order valence-corrected chi connectivity index (χ1v) is 6.64. The number of ether oxygens (including phenoxy) is 2. The summed E-state index contributed by atoms with van der Waals surface area (Å²) in [5, 5.41) is 2.83. The number of fused-ring (bicyclic) bond motifs is 1. The van der Waals surface area contributed by atoms with E-state index >= 15 is 0 Å². The van der Waals surface area contributed by atoms with Crippen molar-refractivity contribution < 1.29 is 14.3 Å². The molecule has 0 aromatic heterocycles. The van der Waals surface area contributed by atoms with Gasteiger partial charge in [-0.1, -0.05) is 19.4 Å². The molecule has 3 N–H and O–H groups in total. The molecular weight excluding hydrogens is 244 g/mol. The van der Waals surface area contributed by atoms with E-state index in [9.17, 15) is 4.79 Å². The highest BCUT2D eigenvalue weighted by atomic mass is 16.6. The van der Waals surface area contributed by atoms with Crippen LogP contribution in [0.1, 0.15) is 30.1 Å². The smallest absolute Gasteiger partial charge is 0.255 e. The van der Waals surface area contributed by atoms with E-state index in [2.05, 4.69) is 12.2 Å². The molecule has 0 bridgehead atoms. The predicted octanol–water partition coefficient (Wildman–Crippen LogP) is 1.31. The van der Waals surface area contributed by atoms with Gasteiger partial charge < -0.3 is 20.5 Å². The number of hydrogen-bond acceptors (Lipinski definition) is 4. The van der Waals surface area contributed by atoms with Crippen LogP contribution in [0.2, 0.25) is 0 Å². The Morgan fingerprint density at radius 1 is 1.42 bits per heavy atom. The summed E-state index contributed by atoms with van der Waals surface area (Å²) >= 11 is 0. The van der Waals surface area contributed by atoms with E-state index in [1.54, 1.807) is 18.2 Å². The van der Waals surface area contributed by atoms with Crippen LogP contribution in [0.25, 0.3) is 0 Å². The second-order valence-corrected chi connectivity index (χ2v) is 4.59. The van der Waals surface area contributed by atoms with E-state index in [0.717, 1.165) is 12.8 Å². The van der Waals surface area contributed by atoms with Crippen molar-refractivity contribution in [1.29, 1.82) is 0 Å². The summed E-state index contributed by atoms with van der Waals surface area (Å²) < 4.78 is 11.0. The van der Waals surface area contributed by atoms with Crippen LogP contribution in [0.3, 0.4) is 0 Å². The summed E-state index contributed by atoms with van der Waals surface area (Å²) in [6, 6.07) is 5.31. The third-order valence-electron chi connectivity index (χ3n) is 3.00. The lowest BCUT2D eigenvalue weighted by Gasteiger charge is -2.21. The maximum absolute atomic E-state index is 12.1. The van der Waals surface area contributed by atoms with Crippen LogP contribution in [0, 0.1) is 0 Å². The molecule has 1 amide bonds. The van der Waals surface area contributed by atoms with E-state index in [4.69, 9.17) is 15.2 Å². The van der Waals surface area contributed by atoms with Crippen molar-refractivity contribution in [2.24, 2.45) is 5.73 Å². The van der Waals surface area contributed by atoms with Gasteiger partial charge in [0.1, 0.15) is 13.2 Å². The molecule has 0 fully saturated rings. The summed E-state index contributed by atoms with van der Waals surface area (Å²) in [6.45, 7) is 3.52. The normalized spacial score (nSPS) is 14.8. The minimum atomic E-state index is -0.172. The largest absolute Gasteiger partial charge is 0.486 e. The highest BCUT2D eigenvalue weighted by Crippen LogP contribution is 2.33. The fraction of sp³-hybridized carbons (Fsp3) is 0.500. The van der Waals surface area contributed by atoms with E-state index < -0.39 is 0 Å². The van der Waals surface area contributed by atoms with E-state index in [0.29, 0.717) is 36.8 Å². The minimum Gasteiger partial charge on any atom is -0.486 e. The lowest BCUT2D eigenvalue weighted by molar-refractivity contribution is 0.0939. The number of benzene rings is 1. The van der Waals surface area contributed by atoms with Crippen LogP contribution in [0.4, 0.5) is 0 Å². The molecule has 5 nitrogen and oxygen atoms in total. The Morgan fingerprint density at radius 3 is 3.00 bits per heavy atom. The SMILES string of the molecule is CCCC(N)CNC(=O)c1cccc2c1OCCO2. The number of nitrogens with one attached hydrogen (secondary N) is 1. The quantitative estimate of drug-likeness (QED) is 0.841. The van der Waals surface area contributed by atoms with Crippen LogP contribution < -0.4 is 20.5 Å². The van der Waals surface area contributed by atoms with Crippen molar-refractivity contribution in [2.45, 2.75) is 25.8 Å². The Morgan fingerprint density at radius 2 is 2.21 bits per heavy atom. The van der Waals surface area contributed by atoms with Gasteiger partial charge >= 0.3 is 0 Å². The maximum atomic E-state index is 12.1. The summed E-state index contributed by atoms with van der Waals surface area (Å²) in [6.07, 6.45) is 1.90. The molecular formula is C14H20N2O3. The van der Waals surface area contributed by atoms with Gasteiger partial charge in [0.25, 0.3) is 5.91 Å². The van der Waals surface area contributed by atoms with Crippen molar-refractivity contribution in [2.75, 3.05) is 19.8 Å². The Labute approximate surface area is 113 Å². The van der Waals surface area contributed by atoms with Gasteiger partial charge in [0, 0.05) is 12.6 Å². The van der Waals surface area contributed by atoms with E-state index in [1.807, 2.05) is 0 Å². The van der Waals surface area contributed by atoms with Crippen molar-refractivity contribution in [3.05, 3.63) is 23.8 Å². The highest BCUT2D eigenvalue weighted by Gasteiger charge is 2.20. The number of para-hydroxylation sites is 1. The van der Waals surface area contributed by atoms with Crippen molar-refractivity contribution in [3.63, 3.8) is 0 Å². The van der Waals surface area contributed by atoms with Gasteiger partial charge in [-0.2, -0.15) is 0 Å². The minimum absolute atomic E-state index is 0.00865. The molecule has 1 atom stereocenters. The molecule has 2 rings (SSSR count). The zero-order chi connectivity index (χ0) is 13.7. The Balaban J connectivity index is 2.03. The molecule has 104 valence electrons. The van der Waals surface area contributed by atoms with Crippen LogP contribution in [-0.4, -0.2) is 31.7 Å². The monoisotopic (exact) mass is 264 g/mol. The zero-order valence-corrected chi connectivity index (χ0v) is 11.1. The second kappa shape index (κ2) is 6.43. The molecule has 0 radical (unpaired) electrons. The third-order valence-corrected chi connectivity index (χ3v) is 3.00. The lowest BCUT2D eigenvalue weighted by atomic mass is 10.1. The number of rotatable bonds is 5. The topological polar surface area (TPSA) is 73.6 Å². The number of hydrogen-bond donors (Lipinski definition) is 2. The number of carbonyl (C=O) groups excluding carboxylic acids is 1. The number of carbonyl (C=O) groups is 1. The molecule has 0 saturated heterocycles. The molecule has 1 aliphatic heterocycles. The van der Waals surface area contributed by atoms with Gasteiger partial charge in [-0.25, -0.2) is 0 Å². The van der Waals surface area contributed by atoms with Crippen LogP contribution in [0.5, 0.6) is 11.5 Å². The standard InChI is InChI=1S/C14H20N2O3/c1-2-4-10(15)9-16-14(17)11-5-3-6-12-13(11)19-8-7-18-12/h3,5-6,10H,2,4,7-9,15H2,1H3,(H,16,17). The van der Waals surface area contributed by atoms with E-state index in [1.165, 1.54) is 0 Å². The molecule has 5 heteroatoms. The maximum Gasteiger partial charge on any atom is 0.255 e. The molecule has 1 heterocycles. The second-order valence-electron chi connectivity index (χ2n) is 4.59. The Kier molecular flexibility index (Phi) is 4.63. The molecule has 0 aliphatic carbocycles. The van der Waals surface area contributed by atoms with Crippen molar-refractivity contribution in [3.8, 4) is 11.5 Å². The fourth-order valence-electron chi connectivity index (χ4n) is 2.04.